The molecule has 1 aromatic carbocycles. The number of imidazole rings is 1. The number of aryl methyl sites for hydroxylation is 3. The topological polar surface area (TPSA) is 26.9 Å². The van der Waals surface area contributed by atoms with Crippen molar-refractivity contribution in [1.29, 1.82) is 0 Å². The molecule has 0 amide bonds. The van der Waals surface area contributed by atoms with Gasteiger partial charge in [-0.1, -0.05) is 64.9 Å². The molecule has 0 aliphatic rings. The van der Waals surface area contributed by atoms with Crippen molar-refractivity contribution in [2.45, 2.75) is 92.0 Å². The third-order valence-electron chi connectivity index (χ3n) is 5.41. The molecule has 0 bridgehead atoms. The van der Waals surface area contributed by atoms with E-state index < -0.39 is 0 Å². The molecular formula is C23H36N2O. The number of fused-ring (bicyclic) bond motifs is 1. The van der Waals surface area contributed by atoms with Crippen LogP contribution in [0, 0.1) is 13.8 Å². The van der Waals surface area contributed by atoms with Crippen LogP contribution in [0.25, 0.3) is 16.7 Å². The zero-order valence-corrected chi connectivity index (χ0v) is 17.2. The normalized spacial score (nSPS) is 11.4. The third kappa shape index (κ3) is 4.90. The average molecular weight is 357 g/mol. The van der Waals surface area contributed by atoms with Crippen molar-refractivity contribution >= 4 is 16.7 Å². The molecule has 1 heterocycles. The van der Waals surface area contributed by atoms with Crippen molar-refractivity contribution in [3.05, 3.63) is 40.3 Å². The van der Waals surface area contributed by atoms with Crippen LogP contribution in [0.1, 0.15) is 82.8 Å². The van der Waals surface area contributed by atoms with Gasteiger partial charge in [-0.2, -0.15) is 0 Å². The summed E-state index contributed by atoms with van der Waals surface area (Å²) in [7, 11) is 0. The van der Waals surface area contributed by atoms with E-state index in [9.17, 15) is 4.79 Å². The quantitative estimate of drug-likeness (QED) is 0.425. The van der Waals surface area contributed by atoms with Crippen LogP contribution in [0.15, 0.2) is 23.5 Å². The minimum Gasteiger partial charge on any atom is -0.292 e. The Hall–Kier alpha value is -1.77. The molecule has 0 radical (unpaired) electrons. The molecule has 0 aliphatic heterocycles. The lowest BCUT2D eigenvalue weighted by Crippen LogP contribution is -2.23. The van der Waals surface area contributed by atoms with Crippen LogP contribution in [0.3, 0.4) is 0 Å². The molecular weight excluding hydrogens is 320 g/mol. The summed E-state index contributed by atoms with van der Waals surface area (Å²) < 4.78 is 3.70. The summed E-state index contributed by atoms with van der Waals surface area (Å²) in [5, 5.41) is 0. The van der Waals surface area contributed by atoms with Crippen molar-refractivity contribution in [3.63, 3.8) is 0 Å². The minimum absolute atomic E-state index is 0.0528. The van der Waals surface area contributed by atoms with E-state index in [0.717, 1.165) is 29.7 Å². The van der Waals surface area contributed by atoms with Gasteiger partial charge in [0.15, 0.2) is 0 Å². The van der Waals surface area contributed by atoms with Crippen LogP contribution in [0.4, 0.5) is 0 Å². The lowest BCUT2D eigenvalue weighted by Gasteiger charge is -2.06. The van der Waals surface area contributed by atoms with Crippen LogP contribution >= 0.6 is 0 Å². The molecule has 2 aromatic rings. The minimum atomic E-state index is 0.0528. The van der Waals surface area contributed by atoms with Gasteiger partial charge >= 0.3 is 5.69 Å². The number of nitrogens with zero attached hydrogens (tertiary/aromatic N) is 2. The summed E-state index contributed by atoms with van der Waals surface area (Å²) in [5.74, 6) is 0. The predicted octanol–water partition coefficient (Wildman–Crippen LogP) is 6.44. The van der Waals surface area contributed by atoms with Crippen LogP contribution in [0.2, 0.25) is 0 Å². The number of unbranched alkanes of at least 4 members (excludes halogenated alkanes) is 8. The maximum Gasteiger partial charge on any atom is 0.333 e. The molecule has 0 aliphatic carbocycles. The fraction of sp³-hybridized carbons (Fsp3) is 0.609. The molecule has 0 saturated carbocycles. The van der Waals surface area contributed by atoms with Crippen molar-refractivity contribution in [2.24, 2.45) is 0 Å². The zero-order valence-electron chi connectivity index (χ0n) is 17.2. The zero-order chi connectivity index (χ0) is 19.1. The van der Waals surface area contributed by atoms with E-state index in [1.165, 1.54) is 62.5 Å². The van der Waals surface area contributed by atoms with E-state index in [2.05, 4.69) is 39.5 Å². The van der Waals surface area contributed by atoms with Crippen LogP contribution < -0.4 is 5.69 Å². The van der Waals surface area contributed by atoms with Gasteiger partial charge in [0.2, 0.25) is 0 Å². The lowest BCUT2D eigenvalue weighted by atomic mass is 10.1. The van der Waals surface area contributed by atoms with Gasteiger partial charge in [0.05, 0.1) is 11.0 Å². The molecule has 1 aromatic heterocycles. The Morgan fingerprint density at radius 3 is 1.92 bits per heavy atom. The molecule has 0 spiro atoms. The first kappa shape index (κ1) is 20.5. The van der Waals surface area contributed by atoms with Gasteiger partial charge in [-0.3, -0.25) is 9.13 Å². The molecule has 0 unspecified atom stereocenters. The number of benzene rings is 1. The monoisotopic (exact) mass is 356 g/mol. The molecule has 0 atom stereocenters. The van der Waals surface area contributed by atoms with E-state index >= 15 is 0 Å². The second kappa shape index (κ2) is 9.80. The fourth-order valence-corrected chi connectivity index (χ4v) is 3.67. The Morgan fingerprint density at radius 2 is 1.38 bits per heavy atom. The number of hydrogen-bond acceptors (Lipinski definition) is 1. The van der Waals surface area contributed by atoms with E-state index in [1.54, 1.807) is 4.57 Å². The van der Waals surface area contributed by atoms with Gasteiger partial charge < -0.3 is 0 Å². The molecule has 0 N–H and O–H groups in total. The number of aromatic nitrogens is 2. The molecule has 26 heavy (non-hydrogen) atoms. The maximum atomic E-state index is 12.9. The van der Waals surface area contributed by atoms with Crippen molar-refractivity contribution in [1.82, 2.24) is 9.13 Å². The van der Waals surface area contributed by atoms with E-state index in [1.807, 2.05) is 11.5 Å². The van der Waals surface area contributed by atoms with E-state index in [4.69, 9.17) is 0 Å². The first-order chi connectivity index (χ1) is 12.5. The smallest absolute Gasteiger partial charge is 0.292 e. The lowest BCUT2D eigenvalue weighted by molar-refractivity contribution is 0.537. The van der Waals surface area contributed by atoms with Gasteiger partial charge in [-0.25, -0.2) is 4.79 Å². The van der Waals surface area contributed by atoms with Crippen molar-refractivity contribution in [2.75, 3.05) is 0 Å². The van der Waals surface area contributed by atoms with Gasteiger partial charge in [-0.05, 0) is 50.5 Å². The van der Waals surface area contributed by atoms with Gasteiger partial charge in [0, 0.05) is 12.2 Å². The predicted molar refractivity (Wildman–Crippen MR) is 114 cm³/mol. The largest absolute Gasteiger partial charge is 0.333 e. The highest BCUT2D eigenvalue weighted by molar-refractivity contribution is 5.81. The second-order valence-corrected chi connectivity index (χ2v) is 7.76. The van der Waals surface area contributed by atoms with Gasteiger partial charge in [0.1, 0.15) is 0 Å². The Bertz CT molecular complexity index is 795. The summed E-state index contributed by atoms with van der Waals surface area (Å²) in [4.78, 5) is 12.9. The standard InChI is InChI=1S/C23H36N2O/c1-6-7-8-9-10-11-12-13-14-15-24-21-16-19(4)20(5)17-22(21)25(18(2)3)23(24)26/h16-17H,2,6-15H2,1,3-5H3. The average Bonchev–Trinajstić information content (AvgIpc) is 2.85. The first-order valence-corrected chi connectivity index (χ1v) is 10.4. The van der Waals surface area contributed by atoms with E-state index in [0.29, 0.717) is 0 Å². The first-order valence-electron chi connectivity index (χ1n) is 10.4. The summed E-state index contributed by atoms with van der Waals surface area (Å²) in [6.07, 6.45) is 11.7. The Balaban J connectivity index is 1.99. The van der Waals surface area contributed by atoms with Crippen LogP contribution in [-0.2, 0) is 6.54 Å². The molecule has 0 saturated heterocycles. The fourth-order valence-electron chi connectivity index (χ4n) is 3.67. The molecule has 3 nitrogen and oxygen atoms in total. The molecule has 3 heteroatoms. The molecule has 0 fully saturated rings. The SMILES string of the molecule is C=C(C)n1c(=O)n(CCCCCCCCCCC)c2cc(C)c(C)cc21. The highest BCUT2D eigenvalue weighted by Gasteiger charge is 2.14. The summed E-state index contributed by atoms with van der Waals surface area (Å²) in [5.41, 5.74) is 5.32. The Morgan fingerprint density at radius 1 is 0.885 bits per heavy atom. The van der Waals surface area contributed by atoms with Crippen LogP contribution in [-0.4, -0.2) is 9.13 Å². The Kier molecular flexibility index (Phi) is 7.74. The highest BCUT2D eigenvalue weighted by atomic mass is 16.1. The number of rotatable bonds is 11. The van der Waals surface area contributed by atoms with E-state index in [-0.39, 0.29) is 5.69 Å². The number of allylic oxidation sites excluding steroid dienone is 1. The second-order valence-electron chi connectivity index (χ2n) is 7.76. The van der Waals surface area contributed by atoms with Gasteiger partial charge in [-0.15, -0.1) is 0 Å². The molecule has 144 valence electrons. The molecule has 2 rings (SSSR count). The summed E-state index contributed by atoms with van der Waals surface area (Å²) in [6.45, 7) is 13.2. The van der Waals surface area contributed by atoms with Gasteiger partial charge in [0.25, 0.3) is 0 Å². The Labute approximate surface area is 158 Å². The maximum absolute atomic E-state index is 12.9. The highest BCUT2D eigenvalue weighted by Crippen LogP contribution is 2.21. The summed E-state index contributed by atoms with van der Waals surface area (Å²) >= 11 is 0. The van der Waals surface area contributed by atoms with Crippen molar-refractivity contribution < 1.29 is 0 Å². The van der Waals surface area contributed by atoms with Crippen molar-refractivity contribution in [3.8, 4) is 0 Å². The third-order valence-corrected chi connectivity index (χ3v) is 5.41. The van der Waals surface area contributed by atoms with Crippen LogP contribution in [0.5, 0.6) is 0 Å². The summed E-state index contributed by atoms with van der Waals surface area (Å²) in [6, 6.07) is 4.27. The number of hydrogen-bond donors (Lipinski definition) is 0.